The fourth-order valence-electron chi connectivity index (χ4n) is 2.30. The van der Waals surface area contributed by atoms with Gasteiger partial charge >= 0.3 is 0 Å². The standard InChI is InChI=1S/C13H28N4O2/c1-14-6-4-3-5-10(15-2)8-17-13(19)12-7-11(18)9-16-12/h10-12,14-16,18H,3-9H2,1-2H3,(H,17,19)/t10-,11+,12-/m0/s1. The molecule has 6 nitrogen and oxygen atoms in total. The summed E-state index contributed by atoms with van der Waals surface area (Å²) in [5.74, 6) is -0.00738. The molecule has 1 rings (SSSR count). The van der Waals surface area contributed by atoms with Crippen molar-refractivity contribution in [3.8, 4) is 0 Å². The fraction of sp³-hybridized carbons (Fsp3) is 0.923. The number of rotatable bonds is 9. The number of likely N-dealkylation sites (N-methyl/N-ethyl adjacent to an activating group) is 1. The van der Waals surface area contributed by atoms with Gasteiger partial charge in [0, 0.05) is 19.1 Å². The average Bonchev–Trinajstić information content (AvgIpc) is 2.84. The normalized spacial score (nSPS) is 24.4. The largest absolute Gasteiger partial charge is 0.392 e. The van der Waals surface area contributed by atoms with E-state index in [1.54, 1.807) is 0 Å². The van der Waals surface area contributed by atoms with E-state index in [4.69, 9.17) is 0 Å². The fourth-order valence-corrected chi connectivity index (χ4v) is 2.30. The van der Waals surface area contributed by atoms with Crippen LogP contribution in [0.4, 0.5) is 0 Å². The van der Waals surface area contributed by atoms with Crippen LogP contribution in [0.25, 0.3) is 0 Å². The molecule has 1 fully saturated rings. The van der Waals surface area contributed by atoms with Crippen LogP contribution in [-0.4, -0.2) is 62.9 Å². The van der Waals surface area contributed by atoms with E-state index in [1.165, 1.54) is 0 Å². The van der Waals surface area contributed by atoms with Gasteiger partial charge in [-0.3, -0.25) is 4.79 Å². The smallest absolute Gasteiger partial charge is 0.237 e. The molecule has 1 amide bonds. The number of aliphatic hydroxyl groups is 1. The van der Waals surface area contributed by atoms with Crippen LogP contribution in [0.3, 0.4) is 0 Å². The van der Waals surface area contributed by atoms with Gasteiger partial charge < -0.3 is 26.4 Å². The maximum absolute atomic E-state index is 11.9. The number of carbonyl (C=O) groups is 1. The third-order valence-electron chi connectivity index (χ3n) is 3.58. The van der Waals surface area contributed by atoms with E-state index >= 15 is 0 Å². The molecule has 0 aliphatic carbocycles. The first-order valence-corrected chi connectivity index (χ1v) is 7.18. The molecule has 0 aromatic rings. The number of β-amino-alcohol motifs (C(OH)–C–C–N with tert-alkyl or cyclic N) is 1. The molecule has 112 valence electrons. The van der Waals surface area contributed by atoms with Crippen LogP contribution in [0.2, 0.25) is 0 Å². The summed E-state index contributed by atoms with van der Waals surface area (Å²) in [6, 6.07) is 0.0731. The van der Waals surface area contributed by atoms with Crippen LogP contribution in [0.1, 0.15) is 25.7 Å². The molecule has 0 unspecified atom stereocenters. The second kappa shape index (κ2) is 9.25. The first-order valence-electron chi connectivity index (χ1n) is 7.18. The number of hydrogen-bond acceptors (Lipinski definition) is 5. The molecule has 0 aromatic heterocycles. The zero-order chi connectivity index (χ0) is 14.1. The lowest BCUT2D eigenvalue weighted by atomic mass is 10.1. The third kappa shape index (κ3) is 6.33. The maximum Gasteiger partial charge on any atom is 0.237 e. The third-order valence-corrected chi connectivity index (χ3v) is 3.58. The molecule has 0 radical (unpaired) electrons. The molecular weight excluding hydrogens is 244 g/mol. The van der Waals surface area contributed by atoms with Gasteiger partial charge in [-0.25, -0.2) is 0 Å². The lowest BCUT2D eigenvalue weighted by molar-refractivity contribution is -0.123. The van der Waals surface area contributed by atoms with Gasteiger partial charge in [-0.1, -0.05) is 6.42 Å². The molecule has 0 saturated carbocycles. The Morgan fingerprint density at radius 2 is 2.21 bits per heavy atom. The lowest BCUT2D eigenvalue weighted by Gasteiger charge is -2.18. The predicted octanol–water partition coefficient (Wildman–Crippen LogP) is -1.20. The summed E-state index contributed by atoms with van der Waals surface area (Å²) >= 11 is 0. The van der Waals surface area contributed by atoms with Gasteiger partial charge in [0.15, 0.2) is 0 Å². The van der Waals surface area contributed by atoms with Gasteiger partial charge in [-0.2, -0.15) is 0 Å². The molecule has 5 N–H and O–H groups in total. The summed E-state index contributed by atoms with van der Waals surface area (Å²) in [4.78, 5) is 11.9. The number of unbranched alkanes of at least 4 members (excludes halogenated alkanes) is 1. The average molecular weight is 272 g/mol. The predicted molar refractivity (Wildman–Crippen MR) is 76.0 cm³/mol. The highest BCUT2D eigenvalue weighted by molar-refractivity contribution is 5.82. The van der Waals surface area contributed by atoms with Crippen molar-refractivity contribution in [1.82, 2.24) is 21.3 Å². The van der Waals surface area contributed by atoms with Crippen LogP contribution in [-0.2, 0) is 4.79 Å². The van der Waals surface area contributed by atoms with E-state index < -0.39 is 6.10 Å². The van der Waals surface area contributed by atoms with Gasteiger partial charge in [-0.05, 0) is 39.9 Å². The van der Waals surface area contributed by atoms with Crippen molar-refractivity contribution in [2.75, 3.05) is 33.7 Å². The minimum Gasteiger partial charge on any atom is -0.392 e. The highest BCUT2D eigenvalue weighted by Gasteiger charge is 2.27. The molecule has 19 heavy (non-hydrogen) atoms. The number of amides is 1. The summed E-state index contributed by atoms with van der Waals surface area (Å²) < 4.78 is 0. The van der Waals surface area contributed by atoms with E-state index in [9.17, 15) is 9.90 Å². The van der Waals surface area contributed by atoms with Crippen LogP contribution in [0, 0.1) is 0 Å². The number of aliphatic hydroxyl groups excluding tert-OH is 1. The Morgan fingerprint density at radius 1 is 1.42 bits per heavy atom. The summed E-state index contributed by atoms with van der Waals surface area (Å²) in [7, 11) is 3.88. The van der Waals surface area contributed by atoms with E-state index in [-0.39, 0.29) is 11.9 Å². The molecule has 6 heteroatoms. The van der Waals surface area contributed by atoms with Crippen molar-refractivity contribution >= 4 is 5.91 Å². The second-order valence-corrected chi connectivity index (χ2v) is 5.18. The van der Waals surface area contributed by atoms with E-state index in [1.807, 2.05) is 14.1 Å². The van der Waals surface area contributed by atoms with Gasteiger partial charge in [0.25, 0.3) is 0 Å². The Bertz CT molecular complexity index is 263. The van der Waals surface area contributed by atoms with Crippen LogP contribution >= 0.6 is 0 Å². The maximum atomic E-state index is 11.9. The second-order valence-electron chi connectivity index (χ2n) is 5.18. The SMILES string of the molecule is CNCCCC[C@@H](CNC(=O)[C@@H]1C[C@@H](O)CN1)NC. The minimum absolute atomic E-state index is 0.00738. The highest BCUT2D eigenvalue weighted by Crippen LogP contribution is 2.06. The van der Waals surface area contributed by atoms with Gasteiger partial charge in [0.05, 0.1) is 12.1 Å². The topological polar surface area (TPSA) is 85.4 Å². The lowest BCUT2D eigenvalue weighted by Crippen LogP contribution is -2.45. The Kier molecular flexibility index (Phi) is 7.97. The summed E-state index contributed by atoms with van der Waals surface area (Å²) in [5, 5.41) is 21.7. The quantitative estimate of drug-likeness (QED) is 0.341. The molecule has 1 aliphatic heterocycles. The molecule has 0 spiro atoms. The van der Waals surface area contributed by atoms with Crippen molar-refractivity contribution in [1.29, 1.82) is 0 Å². The summed E-state index contributed by atoms with van der Waals surface area (Å²) in [6.45, 7) is 2.19. The van der Waals surface area contributed by atoms with Crippen molar-refractivity contribution in [3.63, 3.8) is 0 Å². The highest BCUT2D eigenvalue weighted by atomic mass is 16.3. The Balaban J connectivity index is 2.15. The Hall–Kier alpha value is -0.690. The Labute approximate surface area is 115 Å². The van der Waals surface area contributed by atoms with Gasteiger partial charge in [0.1, 0.15) is 0 Å². The zero-order valence-corrected chi connectivity index (χ0v) is 12.0. The van der Waals surface area contributed by atoms with Crippen molar-refractivity contribution in [2.24, 2.45) is 0 Å². The van der Waals surface area contributed by atoms with Crippen LogP contribution < -0.4 is 21.3 Å². The van der Waals surface area contributed by atoms with E-state index in [0.29, 0.717) is 25.6 Å². The van der Waals surface area contributed by atoms with E-state index in [0.717, 1.165) is 25.8 Å². The van der Waals surface area contributed by atoms with Crippen molar-refractivity contribution in [2.45, 2.75) is 43.9 Å². The molecule has 1 heterocycles. The van der Waals surface area contributed by atoms with E-state index in [2.05, 4.69) is 21.3 Å². The first kappa shape index (κ1) is 16.4. The van der Waals surface area contributed by atoms with Crippen molar-refractivity contribution < 1.29 is 9.90 Å². The molecule has 3 atom stereocenters. The van der Waals surface area contributed by atoms with Crippen molar-refractivity contribution in [3.05, 3.63) is 0 Å². The molecular formula is C13H28N4O2. The monoisotopic (exact) mass is 272 g/mol. The Morgan fingerprint density at radius 3 is 2.79 bits per heavy atom. The summed E-state index contributed by atoms with van der Waals surface area (Å²) in [6.07, 6.45) is 3.47. The molecule has 0 aromatic carbocycles. The molecule has 1 saturated heterocycles. The van der Waals surface area contributed by atoms with Gasteiger partial charge in [0.2, 0.25) is 5.91 Å². The number of carbonyl (C=O) groups excluding carboxylic acids is 1. The molecule has 1 aliphatic rings. The first-order chi connectivity index (χ1) is 9.17. The zero-order valence-electron chi connectivity index (χ0n) is 12.0. The van der Waals surface area contributed by atoms with Crippen LogP contribution in [0.15, 0.2) is 0 Å². The number of hydrogen-bond donors (Lipinski definition) is 5. The summed E-state index contributed by atoms with van der Waals surface area (Å²) in [5.41, 5.74) is 0. The molecule has 0 bridgehead atoms. The van der Waals surface area contributed by atoms with Crippen LogP contribution in [0.5, 0.6) is 0 Å². The van der Waals surface area contributed by atoms with Gasteiger partial charge in [-0.15, -0.1) is 0 Å². The number of nitrogens with one attached hydrogen (secondary N) is 4. The minimum atomic E-state index is -0.391.